The van der Waals surface area contributed by atoms with E-state index < -0.39 is 0 Å². The average Bonchev–Trinajstić information content (AvgIpc) is 3.58. The molecule has 3 aliphatic carbocycles. The van der Waals surface area contributed by atoms with Gasteiger partial charge in [0.05, 0.1) is 0 Å². The van der Waals surface area contributed by atoms with Gasteiger partial charge in [-0.3, -0.25) is 0 Å². The van der Waals surface area contributed by atoms with Crippen LogP contribution in [0.25, 0.3) is 39.0 Å². The molecular formula is C50H41N. The molecule has 0 N–H and O–H groups in total. The van der Waals surface area contributed by atoms with E-state index >= 15 is 0 Å². The molecule has 51 heavy (non-hydrogen) atoms. The van der Waals surface area contributed by atoms with Gasteiger partial charge in [-0.2, -0.15) is 0 Å². The highest BCUT2D eigenvalue weighted by atomic mass is 15.1. The van der Waals surface area contributed by atoms with Gasteiger partial charge in [0.1, 0.15) is 0 Å². The molecule has 246 valence electrons. The van der Waals surface area contributed by atoms with Crippen molar-refractivity contribution in [3.05, 3.63) is 208 Å². The second-order valence-electron chi connectivity index (χ2n) is 14.1. The standard InChI is InChI=1S/C50H41N/c1-34(23-24-35(2)51(41-16-7-4-8-17-41)42-28-25-37(26-29-42)36-13-5-3-6-14-36)38-27-30-44-40(31-38)32-39-15-9-10-18-43(39)45-19-11-21-47-48-22-12-20-46(44)50(48)33-49(45)47/h3-26,28-29,31H,27,30,32-33H2,1-2H3/b34-23+,35-24+. The molecule has 0 atom stereocenters. The van der Waals surface area contributed by atoms with E-state index in [0.717, 1.165) is 37.1 Å². The van der Waals surface area contributed by atoms with Crippen LogP contribution in [0.5, 0.6) is 0 Å². The molecule has 0 spiro atoms. The Balaban J connectivity index is 1.09. The molecule has 0 saturated carbocycles. The molecule has 0 saturated heterocycles. The van der Waals surface area contributed by atoms with Gasteiger partial charge in [-0.05, 0) is 148 Å². The number of fused-ring (bicyclic) bond motifs is 4. The Morgan fingerprint density at radius 2 is 1.06 bits per heavy atom. The molecule has 0 unspecified atom stereocenters. The van der Waals surface area contributed by atoms with Crippen LogP contribution in [0.1, 0.15) is 48.9 Å². The third kappa shape index (κ3) is 5.69. The average molecular weight is 656 g/mol. The van der Waals surface area contributed by atoms with Gasteiger partial charge in [-0.15, -0.1) is 0 Å². The topological polar surface area (TPSA) is 3.24 Å². The lowest BCUT2D eigenvalue weighted by Crippen LogP contribution is -2.14. The number of hydrogen-bond acceptors (Lipinski definition) is 1. The van der Waals surface area contributed by atoms with Gasteiger partial charge in [0.2, 0.25) is 0 Å². The van der Waals surface area contributed by atoms with Crippen LogP contribution in [0.15, 0.2) is 186 Å². The Hall–Kier alpha value is -5.92. The first kappa shape index (κ1) is 31.1. The summed E-state index contributed by atoms with van der Waals surface area (Å²) in [5.41, 5.74) is 23.1. The van der Waals surface area contributed by atoms with Gasteiger partial charge in [0.15, 0.2) is 0 Å². The number of benzene rings is 6. The lowest BCUT2D eigenvalue weighted by molar-refractivity contribution is 0.951. The number of para-hydroxylation sites is 1. The minimum absolute atomic E-state index is 0.936. The fourth-order valence-corrected chi connectivity index (χ4v) is 8.47. The SMILES string of the molecule is C/C(=C\C=C(/C)N(c1ccccc1)c1ccc(-c2ccccc2)cc1)C1=CC2=C(CC1)c1cccc3c1Cc1c(cccc1-3)-c1ccccc1C2. The predicted molar refractivity (Wildman–Crippen MR) is 216 cm³/mol. The Morgan fingerprint density at radius 3 is 1.80 bits per heavy atom. The number of hydrogen-bond donors (Lipinski definition) is 0. The molecule has 0 amide bonds. The van der Waals surface area contributed by atoms with Crippen molar-refractivity contribution >= 4 is 16.9 Å². The Kier molecular flexibility index (Phi) is 7.97. The quantitative estimate of drug-likeness (QED) is 0.161. The highest BCUT2D eigenvalue weighted by molar-refractivity contribution is 5.91. The molecule has 0 fully saturated rings. The maximum Gasteiger partial charge on any atom is 0.0458 e. The van der Waals surface area contributed by atoms with Crippen LogP contribution in [-0.4, -0.2) is 0 Å². The first-order valence-corrected chi connectivity index (χ1v) is 18.2. The second kappa shape index (κ2) is 13.1. The van der Waals surface area contributed by atoms with Gasteiger partial charge >= 0.3 is 0 Å². The van der Waals surface area contributed by atoms with Gasteiger partial charge < -0.3 is 4.90 Å². The van der Waals surface area contributed by atoms with Crippen LogP contribution in [0.3, 0.4) is 0 Å². The molecule has 1 heteroatoms. The summed E-state index contributed by atoms with van der Waals surface area (Å²) in [7, 11) is 0. The normalized spacial score (nSPS) is 14.8. The van der Waals surface area contributed by atoms with Gasteiger partial charge in [0.25, 0.3) is 0 Å². The third-order valence-corrected chi connectivity index (χ3v) is 11.1. The van der Waals surface area contributed by atoms with Crippen molar-refractivity contribution in [2.24, 2.45) is 0 Å². The number of allylic oxidation sites excluding steroid dienone is 8. The van der Waals surface area contributed by atoms with Crippen molar-refractivity contribution in [2.75, 3.05) is 4.90 Å². The Labute approximate surface area is 302 Å². The highest BCUT2D eigenvalue weighted by Crippen LogP contribution is 2.48. The minimum atomic E-state index is 0.936. The van der Waals surface area contributed by atoms with Gasteiger partial charge in [-0.25, -0.2) is 0 Å². The molecule has 0 radical (unpaired) electrons. The van der Waals surface area contributed by atoms with Crippen molar-refractivity contribution in [1.82, 2.24) is 0 Å². The third-order valence-electron chi connectivity index (χ3n) is 11.1. The van der Waals surface area contributed by atoms with E-state index in [1.54, 1.807) is 0 Å². The van der Waals surface area contributed by atoms with Crippen LogP contribution in [0.2, 0.25) is 0 Å². The molecule has 3 aliphatic rings. The lowest BCUT2D eigenvalue weighted by Gasteiger charge is -2.26. The van der Waals surface area contributed by atoms with Crippen LogP contribution in [0, 0.1) is 0 Å². The summed E-state index contributed by atoms with van der Waals surface area (Å²) in [5.74, 6) is 0. The molecule has 0 heterocycles. The minimum Gasteiger partial charge on any atom is -0.315 e. The second-order valence-corrected chi connectivity index (χ2v) is 14.1. The molecule has 1 nitrogen and oxygen atoms in total. The number of anilines is 2. The molecule has 6 aromatic rings. The smallest absolute Gasteiger partial charge is 0.0458 e. The predicted octanol–water partition coefficient (Wildman–Crippen LogP) is 13.3. The molecular weight excluding hydrogens is 615 g/mol. The van der Waals surface area contributed by atoms with E-state index in [1.807, 2.05) is 0 Å². The van der Waals surface area contributed by atoms with Crippen LogP contribution >= 0.6 is 0 Å². The van der Waals surface area contributed by atoms with E-state index in [1.165, 1.54) is 83.6 Å². The van der Waals surface area contributed by atoms with Crippen LogP contribution < -0.4 is 4.90 Å². The fraction of sp³-hybridized carbons (Fsp3) is 0.120. The molecule has 0 aliphatic heterocycles. The molecule has 2 bridgehead atoms. The maximum atomic E-state index is 2.52. The van der Waals surface area contributed by atoms with Crippen molar-refractivity contribution < 1.29 is 0 Å². The number of nitrogens with zero attached hydrogens (tertiary/aromatic N) is 1. The summed E-state index contributed by atoms with van der Waals surface area (Å²) < 4.78 is 0. The molecule has 6 aromatic carbocycles. The van der Waals surface area contributed by atoms with Crippen molar-refractivity contribution in [2.45, 2.75) is 39.5 Å². The summed E-state index contributed by atoms with van der Waals surface area (Å²) in [5, 5.41) is 0. The van der Waals surface area contributed by atoms with Crippen molar-refractivity contribution in [3.63, 3.8) is 0 Å². The Bertz CT molecular complexity index is 2400. The van der Waals surface area contributed by atoms with Gasteiger partial charge in [-0.1, -0.05) is 133 Å². The summed E-state index contributed by atoms with van der Waals surface area (Å²) >= 11 is 0. The monoisotopic (exact) mass is 655 g/mol. The van der Waals surface area contributed by atoms with E-state index in [4.69, 9.17) is 0 Å². The van der Waals surface area contributed by atoms with E-state index in [2.05, 4.69) is 183 Å². The van der Waals surface area contributed by atoms with Crippen LogP contribution in [0.4, 0.5) is 11.4 Å². The fourth-order valence-electron chi connectivity index (χ4n) is 8.47. The zero-order valence-corrected chi connectivity index (χ0v) is 29.4. The van der Waals surface area contributed by atoms with Crippen molar-refractivity contribution in [1.29, 1.82) is 0 Å². The summed E-state index contributed by atoms with van der Waals surface area (Å²) in [6.07, 6.45) is 11.2. The summed E-state index contributed by atoms with van der Waals surface area (Å²) in [6.45, 7) is 4.50. The van der Waals surface area contributed by atoms with Crippen LogP contribution in [-0.2, 0) is 12.8 Å². The number of rotatable bonds is 6. The summed E-state index contributed by atoms with van der Waals surface area (Å²) in [4.78, 5) is 2.35. The van der Waals surface area contributed by atoms with E-state index in [9.17, 15) is 0 Å². The van der Waals surface area contributed by atoms with Gasteiger partial charge in [0, 0.05) is 17.1 Å². The summed E-state index contributed by atoms with van der Waals surface area (Å²) in [6, 6.07) is 53.2. The van der Waals surface area contributed by atoms with Crippen molar-refractivity contribution in [3.8, 4) is 33.4 Å². The molecule has 9 rings (SSSR count). The lowest BCUT2D eigenvalue weighted by atomic mass is 9.80. The Morgan fingerprint density at radius 1 is 0.490 bits per heavy atom. The zero-order valence-electron chi connectivity index (χ0n) is 29.4. The zero-order chi connectivity index (χ0) is 34.3. The molecule has 0 aromatic heterocycles. The maximum absolute atomic E-state index is 2.52. The first-order chi connectivity index (χ1) is 25.1. The van der Waals surface area contributed by atoms with E-state index in [0.29, 0.717) is 0 Å². The first-order valence-electron chi connectivity index (χ1n) is 18.2. The largest absolute Gasteiger partial charge is 0.315 e. The van der Waals surface area contributed by atoms with E-state index in [-0.39, 0.29) is 0 Å². The highest BCUT2D eigenvalue weighted by Gasteiger charge is 2.28.